The molecule has 0 spiro atoms. The maximum atomic E-state index is 2.55. The molecule has 1 aromatic rings. The van der Waals surface area contributed by atoms with Crippen LogP contribution in [0.4, 0.5) is 0 Å². The lowest BCUT2D eigenvalue weighted by molar-refractivity contribution is 0.323. The average molecular weight is 181 g/mol. The summed E-state index contributed by atoms with van der Waals surface area (Å²) >= 11 is 1.87. The van der Waals surface area contributed by atoms with E-state index in [2.05, 4.69) is 29.3 Å². The summed E-state index contributed by atoms with van der Waals surface area (Å²) in [6.45, 7) is 6.09. The molecule has 0 N–H and O–H groups in total. The topological polar surface area (TPSA) is 3.24 Å². The van der Waals surface area contributed by atoms with E-state index in [1.54, 1.807) is 0 Å². The third kappa shape index (κ3) is 1.87. The molecule has 66 valence electrons. The van der Waals surface area contributed by atoms with Crippen LogP contribution in [0.2, 0.25) is 0 Å². The van der Waals surface area contributed by atoms with E-state index in [1.807, 2.05) is 11.3 Å². The maximum Gasteiger partial charge on any atom is 0.0328 e. The number of hydrogen-bond acceptors (Lipinski definition) is 2. The molecule has 1 saturated heterocycles. The van der Waals surface area contributed by atoms with Gasteiger partial charge >= 0.3 is 0 Å². The Morgan fingerprint density at radius 3 is 3.17 bits per heavy atom. The minimum Gasteiger partial charge on any atom is -0.298 e. The Bertz CT molecular complexity index is 230. The lowest BCUT2D eigenvalue weighted by Crippen LogP contribution is -2.18. The summed E-state index contributed by atoms with van der Waals surface area (Å²) in [5.41, 5.74) is 0. The zero-order valence-corrected chi connectivity index (χ0v) is 8.31. The zero-order valence-electron chi connectivity index (χ0n) is 7.49. The van der Waals surface area contributed by atoms with Crippen LogP contribution in [-0.4, -0.2) is 18.0 Å². The summed E-state index contributed by atoms with van der Waals surface area (Å²) in [4.78, 5) is 4.06. The van der Waals surface area contributed by atoms with Crippen molar-refractivity contribution in [2.75, 3.05) is 13.1 Å². The zero-order chi connectivity index (χ0) is 8.39. The number of nitrogens with zero attached hydrogens (tertiary/aromatic N) is 1. The molecule has 0 unspecified atom stereocenters. The summed E-state index contributed by atoms with van der Waals surface area (Å²) in [6.07, 6.45) is 1.38. The highest BCUT2D eigenvalue weighted by molar-refractivity contribution is 7.09. The maximum absolute atomic E-state index is 2.55. The molecule has 1 atom stereocenters. The fourth-order valence-corrected chi connectivity index (χ4v) is 2.54. The van der Waals surface area contributed by atoms with Crippen molar-refractivity contribution in [1.82, 2.24) is 4.90 Å². The van der Waals surface area contributed by atoms with Crippen LogP contribution in [0.3, 0.4) is 0 Å². The highest BCUT2D eigenvalue weighted by atomic mass is 32.1. The smallest absolute Gasteiger partial charge is 0.0328 e. The molecule has 0 bridgehead atoms. The van der Waals surface area contributed by atoms with Crippen molar-refractivity contribution in [1.29, 1.82) is 0 Å². The van der Waals surface area contributed by atoms with E-state index in [9.17, 15) is 0 Å². The third-order valence-electron chi connectivity index (χ3n) is 2.47. The first-order chi connectivity index (χ1) is 5.84. The van der Waals surface area contributed by atoms with Crippen molar-refractivity contribution in [2.45, 2.75) is 19.9 Å². The second kappa shape index (κ2) is 3.58. The lowest BCUT2D eigenvalue weighted by atomic mass is 10.2. The number of likely N-dealkylation sites (tertiary alicyclic amines) is 1. The summed E-state index contributed by atoms with van der Waals surface area (Å²) in [7, 11) is 0. The summed E-state index contributed by atoms with van der Waals surface area (Å²) in [5, 5.41) is 2.16. The molecule has 0 amide bonds. The molecule has 1 nitrogen and oxygen atoms in total. The fourth-order valence-electron chi connectivity index (χ4n) is 1.79. The quantitative estimate of drug-likeness (QED) is 0.678. The van der Waals surface area contributed by atoms with Gasteiger partial charge in [0.15, 0.2) is 0 Å². The fraction of sp³-hybridized carbons (Fsp3) is 0.600. The van der Waals surface area contributed by atoms with E-state index in [1.165, 1.54) is 30.9 Å². The van der Waals surface area contributed by atoms with Gasteiger partial charge in [-0.05, 0) is 30.3 Å². The number of hydrogen-bond donors (Lipinski definition) is 0. The number of rotatable bonds is 2. The van der Waals surface area contributed by atoms with Crippen molar-refractivity contribution >= 4 is 11.3 Å². The summed E-state index contributed by atoms with van der Waals surface area (Å²) < 4.78 is 0. The second-order valence-electron chi connectivity index (χ2n) is 3.71. The normalized spacial score (nSPS) is 24.9. The molecule has 2 heterocycles. The van der Waals surface area contributed by atoms with Crippen LogP contribution in [0.1, 0.15) is 18.2 Å². The Hall–Kier alpha value is -0.340. The van der Waals surface area contributed by atoms with Crippen LogP contribution in [0.5, 0.6) is 0 Å². The van der Waals surface area contributed by atoms with Crippen molar-refractivity contribution in [3.63, 3.8) is 0 Å². The van der Waals surface area contributed by atoms with Gasteiger partial charge in [-0.2, -0.15) is 0 Å². The van der Waals surface area contributed by atoms with Gasteiger partial charge in [0.1, 0.15) is 0 Å². The molecule has 0 saturated carbocycles. The molecule has 1 aromatic heterocycles. The second-order valence-corrected chi connectivity index (χ2v) is 4.74. The van der Waals surface area contributed by atoms with Gasteiger partial charge in [-0.1, -0.05) is 13.0 Å². The first-order valence-electron chi connectivity index (χ1n) is 4.59. The van der Waals surface area contributed by atoms with Gasteiger partial charge in [0, 0.05) is 18.0 Å². The Balaban J connectivity index is 1.88. The number of thiophene rings is 1. The molecule has 0 aromatic carbocycles. The van der Waals surface area contributed by atoms with Gasteiger partial charge in [-0.25, -0.2) is 0 Å². The first-order valence-corrected chi connectivity index (χ1v) is 5.47. The molecule has 0 aliphatic carbocycles. The molecule has 12 heavy (non-hydrogen) atoms. The van der Waals surface area contributed by atoms with E-state index in [0.717, 1.165) is 5.92 Å². The molecule has 1 fully saturated rings. The van der Waals surface area contributed by atoms with E-state index in [-0.39, 0.29) is 0 Å². The van der Waals surface area contributed by atoms with Crippen LogP contribution < -0.4 is 0 Å². The van der Waals surface area contributed by atoms with Gasteiger partial charge in [0.05, 0.1) is 0 Å². The van der Waals surface area contributed by atoms with Crippen LogP contribution in [0.15, 0.2) is 17.5 Å². The van der Waals surface area contributed by atoms with Crippen molar-refractivity contribution in [2.24, 2.45) is 5.92 Å². The Morgan fingerprint density at radius 2 is 2.58 bits per heavy atom. The van der Waals surface area contributed by atoms with Crippen LogP contribution >= 0.6 is 11.3 Å². The van der Waals surface area contributed by atoms with Crippen molar-refractivity contribution in [3.05, 3.63) is 22.4 Å². The Morgan fingerprint density at radius 1 is 1.67 bits per heavy atom. The van der Waals surface area contributed by atoms with E-state index in [0.29, 0.717) is 0 Å². The van der Waals surface area contributed by atoms with Gasteiger partial charge in [-0.15, -0.1) is 11.3 Å². The largest absolute Gasteiger partial charge is 0.298 e. The Kier molecular flexibility index (Phi) is 2.47. The average Bonchev–Trinajstić information content (AvgIpc) is 2.63. The first kappa shape index (κ1) is 8.27. The van der Waals surface area contributed by atoms with E-state index >= 15 is 0 Å². The van der Waals surface area contributed by atoms with Crippen LogP contribution in [0, 0.1) is 5.92 Å². The molecular formula is C10H15NS. The van der Waals surface area contributed by atoms with Crippen LogP contribution in [-0.2, 0) is 6.54 Å². The molecule has 2 rings (SSSR count). The molecule has 1 aliphatic rings. The summed E-state index contributed by atoms with van der Waals surface area (Å²) in [6, 6.07) is 4.37. The highest BCUT2D eigenvalue weighted by Crippen LogP contribution is 2.19. The standard InChI is InChI=1S/C10H15NS/c1-9-4-5-11(7-9)8-10-3-2-6-12-10/h2-3,6,9H,4-5,7-8H2,1H3/t9-/m0/s1. The predicted molar refractivity (Wildman–Crippen MR) is 53.4 cm³/mol. The minimum atomic E-state index is 0.907. The predicted octanol–water partition coefficient (Wildman–Crippen LogP) is 2.59. The Labute approximate surface area is 78.0 Å². The lowest BCUT2D eigenvalue weighted by Gasteiger charge is -2.13. The SMILES string of the molecule is C[C@H]1CCN(Cc2cccs2)C1. The molecule has 2 heteroatoms. The summed E-state index contributed by atoms with van der Waals surface area (Å²) in [5.74, 6) is 0.907. The van der Waals surface area contributed by atoms with E-state index in [4.69, 9.17) is 0 Å². The van der Waals surface area contributed by atoms with Gasteiger partial charge in [-0.3, -0.25) is 4.90 Å². The van der Waals surface area contributed by atoms with Crippen LogP contribution in [0.25, 0.3) is 0 Å². The highest BCUT2D eigenvalue weighted by Gasteiger charge is 2.18. The molecule has 1 aliphatic heterocycles. The molecule has 0 radical (unpaired) electrons. The van der Waals surface area contributed by atoms with Crippen molar-refractivity contribution in [3.8, 4) is 0 Å². The van der Waals surface area contributed by atoms with E-state index < -0.39 is 0 Å². The van der Waals surface area contributed by atoms with Crippen molar-refractivity contribution < 1.29 is 0 Å². The van der Waals surface area contributed by atoms with Gasteiger partial charge in [0.2, 0.25) is 0 Å². The van der Waals surface area contributed by atoms with Gasteiger partial charge < -0.3 is 0 Å². The monoisotopic (exact) mass is 181 g/mol. The molecular weight excluding hydrogens is 166 g/mol. The minimum absolute atomic E-state index is 0.907. The van der Waals surface area contributed by atoms with Gasteiger partial charge in [0.25, 0.3) is 0 Å². The third-order valence-corrected chi connectivity index (χ3v) is 3.33.